The zero-order valence-electron chi connectivity index (χ0n) is 8.82. The molecule has 0 spiro atoms. The summed E-state index contributed by atoms with van der Waals surface area (Å²) in [6, 6.07) is 0. The molecule has 2 aliphatic carbocycles. The molecule has 0 unspecified atom stereocenters. The minimum Gasteiger partial charge on any atom is -0.301 e. The van der Waals surface area contributed by atoms with Crippen molar-refractivity contribution in [1.82, 2.24) is 14.8 Å². The molecule has 15 heavy (non-hydrogen) atoms. The zero-order chi connectivity index (χ0) is 10.3. The van der Waals surface area contributed by atoms with Gasteiger partial charge in [0, 0.05) is 12.5 Å². The first-order valence-electron chi connectivity index (χ1n) is 5.93. The highest BCUT2D eigenvalue weighted by molar-refractivity contribution is 6.28. The van der Waals surface area contributed by atoms with E-state index in [0.29, 0.717) is 11.2 Å². The number of hydrogen-bond acceptors (Lipinski definition) is 2. The first-order chi connectivity index (χ1) is 7.34. The molecule has 0 saturated heterocycles. The van der Waals surface area contributed by atoms with E-state index in [1.807, 2.05) is 0 Å². The fraction of sp³-hybridized carbons (Fsp3) is 0.818. The van der Waals surface area contributed by atoms with E-state index in [4.69, 9.17) is 11.6 Å². The predicted molar refractivity (Wildman–Crippen MR) is 59.0 cm³/mol. The zero-order valence-corrected chi connectivity index (χ0v) is 9.58. The average molecular weight is 226 g/mol. The predicted octanol–water partition coefficient (Wildman–Crippen LogP) is 3.00. The van der Waals surface area contributed by atoms with Gasteiger partial charge in [-0.15, -0.1) is 10.2 Å². The molecule has 2 fully saturated rings. The summed E-state index contributed by atoms with van der Waals surface area (Å²) in [5.74, 6) is 2.58. The Morgan fingerprint density at radius 2 is 1.87 bits per heavy atom. The summed E-state index contributed by atoms with van der Waals surface area (Å²) >= 11 is 6.08. The lowest BCUT2D eigenvalue weighted by molar-refractivity contribution is 0.447. The van der Waals surface area contributed by atoms with Crippen molar-refractivity contribution in [2.24, 2.45) is 5.92 Å². The summed E-state index contributed by atoms with van der Waals surface area (Å²) < 4.78 is 2.15. The van der Waals surface area contributed by atoms with Crippen LogP contribution < -0.4 is 0 Å². The summed E-state index contributed by atoms with van der Waals surface area (Å²) in [4.78, 5) is 0. The Bertz CT molecular complexity index is 351. The van der Waals surface area contributed by atoms with Crippen molar-refractivity contribution in [2.75, 3.05) is 0 Å². The van der Waals surface area contributed by atoms with E-state index in [1.54, 1.807) is 0 Å². The van der Waals surface area contributed by atoms with Gasteiger partial charge in [0.1, 0.15) is 5.82 Å². The van der Waals surface area contributed by atoms with Gasteiger partial charge in [0.15, 0.2) is 0 Å². The average Bonchev–Trinajstić information content (AvgIpc) is 2.82. The van der Waals surface area contributed by atoms with Gasteiger partial charge >= 0.3 is 0 Å². The van der Waals surface area contributed by atoms with Crippen LogP contribution >= 0.6 is 11.6 Å². The smallest absolute Gasteiger partial charge is 0.225 e. The molecular weight excluding hydrogens is 210 g/mol. The van der Waals surface area contributed by atoms with Crippen LogP contribution in [0, 0.1) is 5.92 Å². The van der Waals surface area contributed by atoms with Crippen LogP contribution in [0.15, 0.2) is 0 Å². The molecule has 1 heterocycles. The van der Waals surface area contributed by atoms with Gasteiger partial charge in [-0.1, -0.05) is 12.8 Å². The molecule has 1 aromatic heterocycles. The largest absolute Gasteiger partial charge is 0.301 e. The van der Waals surface area contributed by atoms with E-state index in [1.165, 1.54) is 38.5 Å². The molecular formula is C11H16ClN3. The van der Waals surface area contributed by atoms with E-state index < -0.39 is 0 Å². The highest BCUT2D eigenvalue weighted by Crippen LogP contribution is 2.40. The molecule has 0 N–H and O–H groups in total. The van der Waals surface area contributed by atoms with Gasteiger partial charge in [0.25, 0.3) is 0 Å². The first-order valence-corrected chi connectivity index (χ1v) is 6.31. The van der Waals surface area contributed by atoms with Gasteiger partial charge in [-0.25, -0.2) is 0 Å². The van der Waals surface area contributed by atoms with Crippen molar-refractivity contribution >= 4 is 11.6 Å². The normalized spacial score (nSPS) is 22.5. The second kappa shape index (κ2) is 3.78. The standard InChI is InChI=1S/C11H16ClN3/c12-11-14-13-10(9-5-6-9)15(11)7-8-3-1-2-4-8/h8-9H,1-7H2. The Balaban J connectivity index is 1.79. The van der Waals surface area contributed by atoms with Crippen LogP contribution in [0.3, 0.4) is 0 Å². The fourth-order valence-electron chi connectivity index (χ4n) is 2.56. The molecule has 4 heteroatoms. The first kappa shape index (κ1) is 9.64. The molecule has 0 aromatic carbocycles. The van der Waals surface area contributed by atoms with E-state index in [0.717, 1.165) is 18.3 Å². The third kappa shape index (κ3) is 1.89. The Morgan fingerprint density at radius 1 is 1.13 bits per heavy atom. The molecule has 2 aliphatic rings. The maximum absolute atomic E-state index is 6.08. The lowest BCUT2D eigenvalue weighted by atomic mass is 10.1. The second-order valence-corrected chi connectivity index (χ2v) is 5.20. The SMILES string of the molecule is Clc1nnc(C2CC2)n1CC1CCCC1. The fourth-order valence-corrected chi connectivity index (χ4v) is 2.75. The lowest BCUT2D eigenvalue weighted by Gasteiger charge is -2.12. The van der Waals surface area contributed by atoms with E-state index in [2.05, 4.69) is 14.8 Å². The van der Waals surface area contributed by atoms with Gasteiger partial charge in [-0.05, 0) is 43.2 Å². The number of nitrogens with zero attached hydrogens (tertiary/aromatic N) is 3. The molecule has 3 rings (SSSR count). The van der Waals surface area contributed by atoms with Crippen molar-refractivity contribution in [2.45, 2.75) is 51.0 Å². The van der Waals surface area contributed by atoms with Gasteiger partial charge in [-0.3, -0.25) is 0 Å². The number of halogens is 1. The molecule has 82 valence electrons. The maximum Gasteiger partial charge on any atom is 0.225 e. The highest BCUT2D eigenvalue weighted by atomic mass is 35.5. The quantitative estimate of drug-likeness (QED) is 0.792. The Labute approximate surface area is 94.8 Å². The Morgan fingerprint density at radius 3 is 2.53 bits per heavy atom. The summed E-state index contributed by atoms with van der Waals surface area (Å²) in [5.41, 5.74) is 0. The highest BCUT2D eigenvalue weighted by Gasteiger charge is 2.31. The van der Waals surface area contributed by atoms with Crippen LogP contribution in [0.4, 0.5) is 0 Å². The van der Waals surface area contributed by atoms with E-state index in [9.17, 15) is 0 Å². The topological polar surface area (TPSA) is 30.7 Å². The third-order valence-corrected chi connectivity index (χ3v) is 3.87. The van der Waals surface area contributed by atoms with Gasteiger partial charge < -0.3 is 4.57 Å². The molecule has 0 bridgehead atoms. The monoisotopic (exact) mass is 225 g/mol. The molecule has 2 saturated carbocycles. The summed E-state index contributed by atoms with van der Waals surface area (Å²) in [7, 11) is 0. The van der Waals surface area contributed by atoms with Gasteiger partial charge in [0.2, 0.25) is 5.28 Å². The van der Waals surface area contributed by atoms with Crippen molar-refractivity contribution in [1.29, 1.82) is 0 Å². The van der Waals surface area contributed by atoms with Crippen LogP contribution in [0.1, 0.15) is 50.3 Å². The minimum absolute atomic E-state index is 0.587. The Kier molecular flexibility index (Phi) is 2.43. The maximum atomic E-state index is 6.08. The second-order valence-electron chi connectivity index (χ2n) is 4.86. The summed E-state index contributed by atoms with van der Waals surface area (Å²) in [6.45, 7) is 1.04. The minimum atomic E-state index is 0.587. The summed E-state index contributed by atoms with van der Waals surface area (Å²) in [5, 5.41) is 8.79. The van der Waals surface area contributed by atoms with E-state index >= 15 is 0 Å². The number of rotatable bonds is 3. The van der Waals surface area contributed by atoms with Crippen LogP contribution in [0.5, 0.6) is 0 Å². The van der Waals surface area contributed by atoms with Crippen LogP contribution in [-0.2, 0) is 6.54 Å². The Hall–Kier alpha value is -0.570. The number of hydrogen-bond donors (Lipinski definition) is 0. The molecule has 0 aliphatic heterocycles. The van der Waals surface area contributed by atoms with E-state index in [-0.39, 0.29) is 0 Å². The lowest BCUT2D eigenvalue weighted by Crippen LogP contribution is -2.10. The molecule has 3 nitrogen and oxygen atoms in total. The van der Waals surface area contributed by atoms with Crippen molar-refractivity contribution < 1.29 is 0 Å². The molecule has 0 atom stereocenters. The molecule has 0 amide bonds. The summed E-state index contributed by atoms with van der Waals surface area (Å²) in [6.07, 6.45) is 7.98. The van der Waals surface area contributed by atoms with Gasteiger partial charge in [-0.2, -0.15) is 0 Å². The van der Waals surface area contributed by atoms with Crippen molar-refractivity contribution in [3.8, 4) is 0 Å². The van der Waals surface area contributed by atoms with Crippen molar-refractivity contribution in [3.05, 3.63) is 11.1 Å². The van der Waals surface area contributed by atoms with Gasteiger partial charge in [0.05, 0.1) is 0 Å². The molecule has 0 radical (unpaired) electrons. The third-order valence-electron chi connectivity index (χ3n) is 3.59. The van der Waals surface area contributed by atoms with Crippen LogP contribution in [0.25, 0.3) is 0 Å². The van der Waals surface area contributed by atoms with Crippen molar-refractivity contribution in [3.63, 3.8) is 0 Å². The van der Waals surface area contributed by atoms with Crippen LogP contribution in [-0.4, -0.2) is 14.8 Å². The molecule has 1 aromatic rings. The van der Waals surface area contributed by atoms with Crippen LogP contribution in [0.2, 0.25) is 5.28 Å². The number of aromatic nitrogens is 3.